The lowest BCUT2D eigenvalue weighted by Crippen LogP contribution is -2.24. The van der Waals surface area contributed by atoms with Crippen LogP contribution in [0.4, 0.5) is 14.5 Å². The maximum absolute atomic E-state index is 13.8. The van der Waals surface area contributed by atoms with Crippen molar-refractivity contribution in [2.75, 3.05) is 12.4 Å². The SMILES string of the molecule is CNc1cccn(Cc2nc3cc(F)c(F)cc3n2CCC2CC2)c1=O. The fraction of sp³-hybridized carbons (Fsp3) is 0.368. The number of aryl methyl sites for hydroxylation is 1. The van der Waals surface area contributed by atoms with Gasteiger partial charge in [0.25, 0.3) is 5.56 Å². The molecule has 0 radical (unpaired) electrons. The Hall–Kier alpha value is -2.70. The number of rotatable bonds is 6. The van der Waals surface area contributed by atoms with Gasteiger partial charge in [-0.3, -0.25) is 4.79 Å². The van der Waals surface area contributed by atoms with Crippen LogP contribution < -0.4 is 10.9 Å². The van der Waals surface area contributed by atoms with Crippen molar-refractivity contribution >= 4 is 16.7 Å². The minimum atomic E-state index is -0.912. The summed E-state index contributed by atoms with van der Waals surface area (Å²) in [6.45, 7) is 0.930. The van der Waals surface area contributed by atoms with Gasteiger partial charge in [-0.1, -0.05) is 12.8 Å². The quantitative estimate of drug-likeness (QED) is 0.735. The number of anilines is 1. The van der Waals surface area contributed by atoms with Gasteiger partial charge in [0.2, 0.25) is 0 Å². The molecule has 0 aliphatic heterocycles. The van der Waals surface area contributed by atoms with E-state index in [1.807, 2.05) is 4.57 Å². The molecule has 1 N–H and O–H groups in total. The molecule has 136 valence electrons. The fourth-order valence-corrected chi connectivity index (χ4v) is 3.26. The number of nitrogens with zero attached hydrogens (tertiary/aromatic N) is 3. The standard InChI is InChI=1S/C19H20F2N4O/c1-22-15-3-2-7-24(19(15)26)11-18-23-16-9-13(20)14(21)10-17(16)25(18)8-6-12-4-5-12/h2-3,7,9-10,12,22H,4-6,8,11H2,1H3. The first-order valence-corrected chi connectivity index (χ1v) is 8.78. The van der Waals surface area contributed by atoms with Crippen molar-refractivity contribution in [1.29, 1.82) is 0 Å². The highest BCUT2D eigenvalue weighted by atomic mass is 19.2. The first-order valence-electron chi connectivity index (χ1n) is 8.78. The molecule has 0 bridgehead atoms. The lowest BCUT2D eigenvalue weighted by atomic mass is 10.2. The van der Waals surface area contributed by atoms with E-state index in [9.17, 15) is 13.6 Å². The first-order chi connectivity index (χ1) is 12.6. The number of benzene rings is 1. The zero-order chi connectivity index (χ0) is 18.3. The van der Waals surface area contributed by atoms with Crippen molar-refractivity contribution in [1.82, 2.24) is 14.1 Å². The van der Waals surface area contributed by atoms with Gasteiger partial charge in [-0.25, -0.2) is 13.8 Å². The third kappa shape index (κ3) is 3.09. The molecule has 5 nitrogen and oxygen atoms in total. The van der Waals surface area contributed by atoms with E-state index in [0.29, 0.717) is 35.0 Å². The molecule has 1 aliphatic rings. The van der Waals surface area contributed by atoms with Crippen LogP contribution in [-0.4, -0.2) is 21.2 Å². The Morgan fingerprint density at radius 2 is 2.04 bits per heavy atom. The van der Waals surface area contributed by atoms with Crippen molar-refractivity contribution in [2.45, 2.75) is 32.4 Å². The van der Waals surface area contributed by atoms with E-state index >= 15 is 0 Å². The summed E-state index contributed by atoms with van der Waals surface area (Å²) >= 11 is 0. The summed E-state index contributed by atoms with van der Waals surface area (Å²) < 4.78 is 30.8. The van der Waals surface area contributed by atoms with Gasteiger partial charge in [0.05, 0.1) is 17.6 Å². The van der Waals surface area contributed by atoms with Crippen LogP contribution in [0.3, 0.4) is 0 Å². The highest BCUT2D eigenvalue weighted by Gasteiger charge is 2.22. The van der Waals surface area contributed by atoms with Crippen LogP contribution in [0.25, 0.3) is 11.0 Å². The molecule has 0 saturated heterocycles. The maximum Gasteiger partial charge on any atom is 0.274 e. The number of halogens is 2. The summed E-state index contributed by atoms with van der Waals surface area (Å²) in [6, 6.07) is 5.80. The topological polar surface area (TPSA) is 51.9 Å². The largest absolute Gasteiger partial charge is 0.384 e. The number of hydrogen-bond donors (Lipinski definition) is 1. The second-order valence-corrected chi connectivity index (χ2v) is 6.77. The van der Waals surface area contributed by atoms with E-state index in [-0.39, 0.29) is 12.1 Å². The van der Waals surface area contributed by atoms with Crippen molar-refractivity contribution in [3.05, 3.63) is 58.3 Å². The van der Waals surface area contributed by atoms with Crippen molar-refractivity contribution in [3.63, 3.8) is 0 Å². The summed E-state index contributed by atoms with van der Waals surface area (Å²) in [4.78, 5) is 16.9. The first kappa shape index (κ1) is 16.8. The normalized spacial score (nSPS) is 14.1. The zero-order valence-corrected chi connectivity index (χ0v) is 14.5. The summed E-state index contributed by atoms with van der Waals surface area (Å²) in [5.41, 5.74) is 1.31. The molecule has 2 heterocycles. The van der Waals surface area contributed by atoms with Crippen LogP contribution in [0, 0.1) is 17.6 Å². The number of pyridine rings is 1. The molecule has 0 amide bonds. The van der Waals surface area contributed by atoms with Crippen LogP contribution in [0.1, 0.15) is 25.1 Å². The van der Waals surface area contributed by atoms with E-state index in [1.54, 1.807) is 29.9 Å². The number of aromatic nitrogens is 3. The molecule has 1 aromatic carbocycles. The molecular formula is C19H20F2N4O. The molecule has 7 heteroatoms. The summed E-state index contributed by atoms with van der Waals surface area (Å²) in [6.07, 6.45) is 5.10. The Labute approximate surface area is 149 Å². The Balaban J connectivity index is 1.77. The molecular weight excluding hydrogens is 338 g/mol. The Bertz CT molecular complexity index is 1020. The lowest BCUT2D eigenvalue weighted by molar-refractivity contribution is 0.509. The summed E-state index contributed by atoms with van der Waals surface area (Å²) in [7, 11) is 1.69. The highest BCUT2D eigenvalue weighted by Crippen LogP contribution is 2.33. The van der Waals surface area contributed by atoms with E-state index < -0.39 is 11.6 Å². The smallest absolute Gasteiger partial charge is 0.274 e. The van der Waals surface area contributed by atoms with Gasteiger partial charge >= 0.3 is 0 Å². The average molecular weight is 358 g/mol. The maximum atomic E-state index is 13.8. The second kappa shape index (κ2) is 6.55. The zero-order valence-electron chi connectivity index (χ0n) is 14.5. The van der Waals surface area contributed by atoms with Crippen LogP contribution in [0.2, 0.25) is 0 Å². The average Bonchev–Trinajstić information content (AvgIpc) is 3.39. The van der Waals surface area contributed by atoms with Gasteiger partial charge < -0.3 is 14.5 Å². The monoisotopic (exact) mass is 358 g/mol. The Morgan fingerprint density at radius 1 is 1.27 bits per heavy atom. The lowest BCUT2D eigenvalue weighted by Gasteiger charge is -2.11. The van der Waals surface area contributed by atoms with Gasteiger partial charge in [-0.2, -0.15) is 0 Å². The van der Waals surface area contributed by atoms with E-state index in [4.69, 9.17) is 0 Å². The number of nitrogens with one attached hydrogen (secondary N) is 1. The van der Waals surface area contributed by atoms with Gasteiger partial charge in [-0.05, 0) is 24.5 Å². The Morgan fingerprint density at radius 3 is 2.77 bits per heavy atom. The van der Waals surface area contributed by atoms with Gasteiger partial charge in [-0.15, -0.1) is 0 Å². The van der Waals surface area contributed by atoms with E-state index in [2.05, 4.69) is 10.3 Å². The minimum absolute atomic E-state index is 0.159. The van der Waals surface area contributed by atoms with Gasteiger partial charge in [0, 0.05) is 31.9 Å². The molecule has 0 unspecified atom stereocenters. The number of hydrogen-bond acceptors (Lipinski definition) is 3. The second-order valence-electron chi connectivity index (χ2n) is 6.77. The summed E-state index contributed by atoms with van der Waals surface area (Å²) in [5, 5.41) is 2.87. The van der Waals surface area contributed by atoms with Crippen molar-refractivity contribution in [2.24, 2.45) is 5.92 Å². The van der Waals surface area contributed by atoms with Crippen molar-refractivity contribution < 1.29 is 8.78 Å². The predicted octanol–water partition coefficient (Wildman–Crippen LogP) is 3.37. The minimum Gasteiger partial charge on any atom is -0.384 e. The summed E-state index contributed by atoms with van der Waals surface area (Å²) in [5.74, 6) is -0.474. The van der Waals surface area contributed by atoms with Crippen LogP contribution in [-0.2, 0) is 13.1 Å². The molecule has 4 rings (SSSR count). The third-order valence-electron chi connectivity index (χ3n) is 4.93. The molecule has 2 aromatic heterocycles. The van der Waals surface area contributed by atoms with Gasteiger partial charge in [0.15, 0.2) is 11.6 Å². The van der Waals surface area contributed by atoms with Crippen LogP contribution in [0.5, 0.6) is 0 Å². The van der Waals surface area contributed by atoms with Gasteiger partial charge in [0.1, 0.15) is 11.5 Å². The van der Waals surface area contributed by atoms with Crippen LogP contribution in [0.15, 0.2) is 35.3 Å². The third-order valence-corrected chi connectivity index (χ3v) is 4.93. The molecule has 26 heavy (non-hydrogen) atoms. The molecule has 0 atom stereocenters. The molecule has 3 aromatic rings. The molecule has 1 saturated carbocycles. The molecule has 0 spiro atoms. The Kier molecular flexibility index (Phi) is 4.22. The van der Waals surface area contributed by atoms with E-state index in [0.717, 1.165) is 12.5 Å². The molecule has 1 fully saturated rings. The highest BCUT2D eigenvalue weighted by molar-refractivity contribution is 5.76. The van der Waals surface area contributed by atoms with E-state index in [1.165, 1.54) is 18.9 Å². The number of fused-ring (bicyclic) bond motifs is 1. The van der Waals surface area contributed by atoms with Crippen LogP contribution >= 0.6 is 0 Å². The number of imidazole rings is 1. The molecule has 1 aliphatic carbocycles. The van der Waals surface area contributed by atoms with Crippen molar-refractivity contribution in [3.8, 4) is 0 Å². The fourth-order valence-electron chi connectivity index (χ4n) is 3.26. The predicted molar refractivity (Wildman–Crippen MR) is 96.3 cm³/mol.